The lowest BCUT2D eigenvalue weighted by Crippen LogP contribution is -2.37. The zero-order chi connectivity index (χ0) is 16.4. The van der Waals surface area contributed by atoms with Crippen LogP contribution in [0.1, 0.15) is 22.0 Å². The fraction of sp³-hybridized carbons (Fsp3) is 0.0588. The minimum absolute atomic E-state index is 0.300. The highest BCUT2D eigenvalue weighted by Gasteiger charge is 2.23. The summed E-state index contributed by atoms with van der Waals surface area (Å²) in [6.45, 7) is 0. The summed E-state index contributed by atoms with van der Waals surface area (Å²) in [5.74, 6) is -1.68. The monoisotopic (exact) mass is 312 g/mol. The van der Waals surface area contributed by atoms with Crippen LogP contribution in [0, 0.1) is 5.82 Å². The van der Waals surface area contributed by atoms with Gasteiger partial charge in [0.05, 0.1) is 5.56 Å². The summed E-state index contributed by atoms with van der Waals surface area (Å²) < 4.78 is 18.3. The first-order valence-electron chi connectivity index (χ1n) is 6.88. The van der Waals surface area contributed by atoms with Crippen LogP contribution in [0.3, 0.4) is 0 Å². The van der Waals surface area contributed by atoms with Crippen LogP contribution in [0.15, 0.2) is 59.2 Å². The Labute approximate surface area is 130 Å². The second-order valence-electron chi connectivity index (χ2n) is 5.01. The quantitative estimate of drug-likeness (QED) is 0.776. The van der Waals surface area contributed by atoms with E-state index in [1.54, 1.807) is 24.3 Å². The summed E-state index contributed by atoms with van der Waals surface area (Å²) in [7, 11) is 0. The molecule has 2 aromatic carbocycles. The van der Waals surface area contributed by atoms with Crippen LogP contribution >= 0.6 is 0 Å². The van der Waals surface area contributed by atoms with Crippen LogP contribution in [-0.4, -0.2) is 11.8 Å². The van der Waals surface area contributed by atoms with Gasteiger partial charge >= 0.3 is 0 Å². The molecule has 0 aliphatic heterocycles. The van der Waals surface area contributed by atoms with Gasteiger partial charge < -0.3 is 15.5 Å². The number of carbonyl (C=O) groups excluding carboxylic acids is 2. The lowest BCUT2D eigenvalue weighted by Gasteiger charge is -2.15. The van der Waals surface area contributed by atoms with E-state index in [9.17, 15) is 14.0 Å². The van der Waals surface area contributed by atoms with Crippen LogP contribution in [0.5, 0.6) is 0 Å². The Bertz CT molecular complexity index is 871. The number of hydrogen-bond acceptors (Lipinski definition) is 3. The molecule has 23 heavy (non-hydrogen) atoms. The highest BCUT2D eigenvalue weighted by atomic mass is 19.1. The van der Waals surface area contributed by atoms with E-state index in [1.165, 1.54) is 30.5 Å². The van der Waals surface area contributed by atoms with Crippen molar-refractivity contribution in [3.05, 3.63) is 71.7 Å². The molecule has 0 fully saturated rings. The van der Waals surface area contributed by atoms with Crippen molar-refractivity contribution in [2.75, 3.05) is 0 Å². The maximum Gasteiger partial charge on any atom is 0.256 e. The second-order valence-corrected chi connectivity index (χ2v) is 5.01. The van der Waals surface area contributed by atoms with Crippen molar-refractivity contribution in [2.24, 2.45) is 5.73 Å². The molecule has 0 spiro atoms. The number of carbonyl (C=O) groups is 2. The average molecular weight is 312 g/mol. The summed E-state index contributed by atoms with van der Waals surface area (Å²) in [4.78, 5) is 24.1. The van der Waals surface area contributed by atoms with Crippen LogP contribution in [0.25, 0.3) is 11.0 Å². The number of furan rings is 1. The van der Waals surface area contributed by atoms with Crippen molar-refractivity contribution in [1.82, 2.24) is 5.32 Å². The molecule has 6 heteroatoms. The van der Waals surface area contributed by atoms with Crippen LogP contribution in [0.4, 0.5) is 4.39 Å². The molecule has 3 rings (SSSR count). The van der Waals surface area contributed by atoms with Gasteiger partial charge in [-0.3, -0.25) is 9.59 Å². The molecule has 0 saturated carbocycles. The van der Waals surface area contributed by atoms with Gasteiger partial charge in [0.15, 0.2) is 0 Å². The zero-order valence-electron chi connectivity index (χ0n) is 12.0. The first-order valence-corrected chi connectivity index (χ1v) is 6.88. The third-order valence-corrected chi connectivity index (χ3v) is 3.49. The van der Waals surface area contributed by atoms with Gasteiger partial charge in [-0.1, -0.05) is 30.3 Å². The van der Waals surface area contributed by atoms with E-state index in [0.29, 0.717) is 22.1 Å². The van der Waals surface area contributed by atoms with Gasteiger partial charge in [-0.15, -0.1) is 0 Å². The number of amides is 2. The molecule has 1 heterocycles. The van der Waals surface area contributed by atoms with Crippen molar-refractivity contribution in [3.63, 3.8) is 0 Å². The fourth-order valence-corrected chi connectivity index (χ4v) is 2.34. The van der Waals surface area contributed by atoms with Gasteiger partial charge in [0.25, 0.3) is 5.91 Å². The van der Waals surface area contributed by atoms with Crippen molar-refractivity contribution < 1.29 is 18.4 Å². The maximum absolute atomic E-state index is 13.0. The summed E-state index contributed by atoms with van der Waals surface area (Å²) in [6.07, 6.45) is 1.32. The van der Waals surface area contributed by atoms with Crippen LogP contribution in [-0.2, 0) is 4.79 Å². The Morgan fingerprint density at radius 3 is 2.48 bits per heavy atom. The van der Waals surface area contributed by atoms with Crippen molar-refractivity contribution in [3.8, 4) is 0 Å². The molecule has 0 unspecified atom stereocenters. The molecule has 3 N–H and O–H groups in total. The number of halogens is 1. The minimum Gasteiger partial charge on any atom is -0.463 e. The topological polar surface area (TPSA) is 85.3 Å². The van der Waals surface area contributed by atoms with Gasteiger partial charge in [0.1, 0.15) is 23.7 Å². The molecule has 0 aliphatic carbocycles. The minimum atomic E-state index is -1.06. The normalized spacial score (nSPS) is 12.0. The molecule has 116 valence electrons. The van der Waals surface area contributed by atoms with Crippen molar-refractivity contribution >= 4 is 22.8 Å². The predicted molar refractivity (Wildman–Crippen MR) is 82.0 cm³/mol. The van der Waals surface area contributed by atoms with Gasteiger partial charge in [0.2, 0.25) is 5.91 Å². The van der Waals surface area contributed by atoms with Crippen molar-refractivity contribution in [2.45, 2.75) is 6.04 Å². The van der Waals surface area contributed by atoms with Gasteiger partial charge in [-0.2, -0.15) is 0 Å². The Hall–Kier alpha value is -3.15. The fourth-order valence-electron chi connectivity index (χ4n) is 2.34. The first kappa shape index (κ1) is 14.8. The van der Waals surface area contributed by atoms with E-state index < -0.39 is 23.7 Å². The number of benzene rings is 2. The molecule has 0 bridgehead atoms. The van der Waals surface area contributed by atoms with E-state index in [4.69, 9.17) is 10.2 Å². The van der Waals surface area contributed by atoms with Gasteiger partial charge in [-0.05, 0) is 23.8 Å². The highest BCUT2D eigenvalue weighted by molar-refractivity contribution is 6.07. The molecule has 0 radical (unpaired) electrons. The Morgan fingerprint density at radius 1 is 1.09 bits per heavy atom. The van der Waals surface area contributed by atoms with Crippen LogP contribution < -0.4 is 11.1 Å². The second kappa shape index (κ2) is 5.92. The Kier molecular flexibility index (Phi) is 3.80. The van der Waals surface area contributed by atoms with E-state index >= 15 is 0 Å². The lowest BCUT2D eigenvalue weighted by molar-refractivity contribution is -0.120. The summed E-state index contributed by atoms with van der Waals surface area (Å²) in [5, 5.41) is 3.18. The molecule has 0 aliphatic rings. The Balaban J connectivity index is 1.89. The van der Waals surface area contributed by atoms with E-state index in [0.717, 1.165) is 0 Å². The summed E-state index contributed by atoms with van der Waals surface area (Å²) in [5.41, 5.74) is 6.62. The number of nitrogens with two attached hydrogens (primary N) is 1. The smallest absolute Gasteiger partial charge is 0.256 e. The number of fused-ring (bicyclic) bond motifs is 1. The van der Waals surface area contributed by atoms with E-state index in [2.05, 4.69) is 5.32 Å². The number of para-hydroxylation sites is 1. The first-order chi connectivity index (χ1) is 11.1. The third kappa shape index (κ3) is 2.91. The zero-order valence-corrected chi connectivity index (χ0v) is 12.0. The largest absolute Gasteiger partial charge is 0.463 e. The van der Waals surface area contributed by atoms with E-state index in [1.807, 2.05) is 0 Å². The number of rotatable bonds is 4. The summed E-state index contributed by atoms with van der Waals surface area (Å²) in [6, 6.07) is 11.2. The molecule has 3 aromatic rings. The summed E-state index contributed by atoms with van der Waals surface area (Å²) >= 11 is 0. The maximum atomic E-state index is 13.0. The molecule has 1 aromatic heterocycles. The number of hydrogen-bond donors (Lipinski definition) is 2. The third-order valence-electron chi connectivity index (χ3n) is 3.49. The molecule has 5 nitrogen and oxygen atoms in total. The van der Waals surface area contributed by atoms with Gasteiger partial charge in [-0.25, -0.2) is 4.39 Å². The highest BCUT2D eigenvalue weighted by Crippen LogP contribution is 2.22. The predicted octanol–water partition coefficient (Wildman–Crippen LogP) is 2.53. The van der Waals surface area contributed by atoms with Crippen LogP contribution in [0.2, 0.25) is 0 Å². The number of nitrogens with one attached hydrogen (secondary N) is 1. The number of primary amides is 1. The lowest BCUT2D eigenvalue weighted by atomic mass is 10.1. The van der Waals surface area contributed by atoms with Gasteiger partial charge in [0, 0.05) is 5.39 Å². The molecular weight excluding hydrogens is 299 g/mol. The Morgan fingerprint density at radius 2 is 1.78 bits per heavy atom. The molecule has 0 saturated heterocycles. The average Bonchev–Trinajstić information content (AvgIpc) is 2.97. The SMILES string of the molecule is NC(=O)[C@H](NC(=O)c1coc2ccccc12)c1ccc(F)cc1. The molecule has 1 atom stereocenters. The molecule has 2 amide bonds. The standard InChI is InChI=1S/C17H13FN2O3/c18-11-7-5-10(6-8-11)15(16(19)21)20-17(22)13-9-23-14-4-2-1-3-12(13)14/h1-9,15H,(H2,19,21)(H,20,22)/t15-/m1/s1. The molecular formula is C17H13FN2O3. The van der Waals surface area contributed by atoms with Crippen molar-refractivity contribution in [1.29, 1.82) is 0 Å². The van der Waals surface area contributed by atoms with E-state index in [-0.39, 0.29) is 0 Å².